The number of hydrogen-bond donors (Lipinski definition) is 2. The number of aromatic hydroxyl groups is 1. The van der Waals surface area contributed by atoms with Gasteiger partial charge in [-0.15, -0.1) is 0 Å². The van der Waals surface area contributed by atoms with Crippen molar-refractivity contribution >= 4 is 34.5 Å². The number of esters is 1. The minimum atomic E-state index is -0.576. The Morgan fingerprint density at radius 2 is 2.19 bits per heavy atom. The van der Waals surface area contributed by atoms with Crippen molar-refractivity contribution in [2.75, 3.05) is 12.3 Å². The Bertz CT molecular complexity index is 1030. The third-order valence-electron chi connectivity index (χ3n) is 3.46. The van der Waals surface area contributed by atoms with Crippen LogP contribution in [0, 0.1) is 0 Å². The van der Waals surface area contributed by atoms with E-state index in [1.54, 1.807) is 13.0 Å². The number of fused-ring (bicyclic) bond motifs is 1. The van der Waals surface area contributed by atoms with Gasteiger partial charge < -0.3 is 20.0 Å². The second-order valence-electron chi connectivity index (χ2n) is 5.23. The monoisotopic (exact) mass is 373 g/mol. The first-order valence-corrected chi connectivity index (χ1v) is 8.64. The molecule has 0 aliphatic heterocycles. The summed E-state index contributed by atoms with van der Waals surface area (Å²) in [5.74, 6) is -0.155. The number of nitrogens with two attached hydrogens (primary N) is 1. The second kappa shape index (κ2) is 7.44. The number of hydrogen-bond acceptors (Lipinski definition) is 9. The van der Waals surface area contributed by atoms with Crippen LogP contribution in [0.3, 0.4) is 0 Å². The van der Waals surface area contributed by atoms with Gasteiger partial charge in [0.15, 0.2) is 5.16 Å². The van der Waals surface area contributed by atoms with Gasteiger partial charge in [-0.1, -0.05) is 11.8 Å². The first-order valence-electron chi connectivity index (χ1n) is 7.66. The van der Waals surface area contributed by atoms with Crippen LogP contribution in [0.15, 0.2) is 44.8 Å². The van der Waals surface area contributed by atoms with Crippen molar-refractivity contribution in [1.82, 2.24) is 9.97 Å². The van der Waals surface area contributed by atoms with Crippen molar-refractivity contribution in [2.24, 2.45) is 0 Å². The molecular weight excluding hydrogens is 358 g/mol. The second-order valence-corrected chi connectivity index (χ2v) is 6.17. The van der Waals surface area contributed by atoms with E-state index in [0.717, 1.165) is 0 Å². The molecule has 0 atom stereocenters. The molecule has 0 saturated carbocycles. The topological polar surface area (TPSA) is 129 Å². The van der Waals surface area contributed by atoms with Gasteiger partial charge in [0.2, 0.25) is 0 Å². The summed E-state index contributed by atoms with van der Waals surface area (Å²) in [7, 11) is 0. The number of ether oxygens (including phenoxy) is 1. The lowest BCUT2D eigenvalue weighted by molar-refractivity contribution is 0.0526. The van der Waals surface area contributed by atoms with Gasteiger partial charge in [0.05, 0.1) is 6.61 Å². The van der Waals surface area contributed by atoms with Crippen molar-refractivity contribution in [2.45, 2.75) is 17.8 Å². The van der Waals surface area contributed by atoms with Crippen molar-refractivity contribution in [3.05, 3.63) is 52.0 Å². The normalized spacial score (nSPS) is 10.8. The fourth-order valence-electron chi connectivity index (χ4n) is 2.29. The molecule has 0 fully saturated rings. The molecule has 0 bridgehead atoms. The third-order valence-corrected chi connectivity index (χ3v) is 4.37. The molecule has 3 aromatic rings. The predicted molar refractivity (Wildman–Crippen MR) is 96.1 cm³/mol. The van der Waals surface area contributed by atoms with Crippen LogP contribution < -0.4 is 11.4 Å². The van der Waals surface area contributed by atoms with Crippen LogP contribution in [-0.4, -0.2) is 27.7 Å². The van der Waals surface area contributed by atoms with E-state index in [4.69, 9.17) is 14.9 Å². The highest BCUT2D eigenvalue weighted by molar-refractivity contribution is 7.98. The maximum atomic E-state index is 11.7. The van der Waals surface area contributed by atoms with E-state index in [9.17, 15) is 14.7 Å². The molecule has 0 aliphatic carbocycles. The van der Waals surface area contributed by atoms with E-state index >= 15 is 0 Å². The molecule has 9 heteroatoms. The maximum absolute atomic E-state index is 11.7. The summed E-state index contributed by atoms with van der Waals surface area (Å²) in [6.07, 6.45) is 1.32. The van der Waals surface area contributed by atoms with Crippen molar-refractivity contribution < 1.29 is 19.1 Å². The summed E-state index contributed by atoms with van der Waals surface area (Å²) in [5, 5.41) is 10.6. The van der Waals surface area contributed by atoms with Gasteiger partial charge in [-0.2, -0.15) is 0 Å². The highest BCUT2D eigenvalue weighted by Crippen LogP contribution is 2.27. The van der Waals surface area contributed by atoms with Crippen molar-refractivity contribution in [3.63, 3.8) is 0 Å². The summed E-state index contributed by atoms with van der Waals surface area (Å²) in [6, 6.07) is 5.94. The number of thioether (sulfide) groups is 1. The zero-order valence-electron chi connectivity index (χ0n) is 13.8. The molecule has 26 heavy (non-hydrogen) atoms. The van der Waals surface area contributed by atoms with Gasteiger partial charge in [-0.05, 0) is 24.6 Å². The number of rotatable bonds is 5. The number of carbonyl (C=O) groups is 1. The molecule has 134 valence electrons. The van der Waals surface area contributed by atoms with E-state index < -0.39 is 11.6 Å². The number of phenolic OH excluding ortho intramolecular Hbond substituents is 1. The average molecular weight is 373 g/mol. The largest absolute Gasteiger partial charge is 0.508 e. The quantitative estimate of drug-likeness (QED) is 0.299. The van der Waals surface area contributed by atoms with Crippen molar-refractivity contribution in [1.29, 1.82) is 0 Å². The molecule has 3 rings (SSSR count). The minimum absolute atomic E-state index is 0.0103. The van der Waals surface area contributed by atoms with Crippen LogP contribution in [-0.2, 0) is 10.5 Å². The molecule has 0 radical (unpaired) electrons. The lowest BCUT2D eigenvalue weighted by atomic mass is 10.1. The van der Waals surface area contributed by atoms with Gasteiger partial charge in [-0.25, -0.2) is 19.6 Å². The number of aromatic nitrogens is 2. The van der Waals surface area contributed by atoms with E-state index in [1.165, 1.54) is 36.2 Å². The van der Waals surface area contributed by atoms with Crippen LogP contribution in [0.2, 0.25) is 0 Å². The van der Waals surface area contributed by atoms with Crippen LogP contribution in [0.5, 0.6) is 5.75 Å². The molecule has 0 spiro atoms. The molecule has 8 nitrogen and oxygen atoms in total. The number of anilines is 1. The van der Waals surface area contributed by atoms with Gasteiger partial charge in [0.1, 0.15) is 22.7 Å². The molecule has 2 aromatic heterocycles. The molecule has 0 saturated heterocycles. The highest BCUT2D eigenvalue weighted by Gasteiger charge is 2.14. The fraction of sp³-hybridized carbons (Fsp3) is 0.176. The number of benzene rings is 1. The summed E-state index contributed by atoms with van der Waals surface area (Å²) in [4.78, 5) is 31.6. The van der Waals surface area contributed by atoms with E-state index in [2.05, 4.69) is 9.97 Å². The molecule has 3 N–H and O–H groups in total. The van der Waals surface area contributed by atoms with E-state index in [1.807, 2.05) is 0 Å². The molecule has 0 amide bonds. The fourth-order valence-corrected chi connectivity index (χ4v) is 3.11. The van der Waals surface area contributed by atoms with Crippen LogP contribution in [0.25, 0.3) is 11.0 Å². The molecule has 0 unspecified atom stereocenters. The maximum Gasteiger partial charge on any atom is 0.343 e. The average Bonchev–Trinajstić information content (AvgIpc) is 2.59. The Balaban J connectivity index is 1.83. The number of nitrogen functional groups attached to an aromatic ring is 1. The zero-order chi connectivity index (χ0) is 18.7. The van der Waals surface area contributed by atoms with Gasteiger partial charge in [-0.3, -0.25) is 0 Å². The SMILES string of the molecule is CCOC(=O)c1cnc(SCc2cc(=O)oc3cc(O)ccc23)nc1N. The number of nitrogens with zero attached hydrogens (tertiary/aromatic N) is 2. The van der Waals surface area contributed by atoms with Crippen LogP contribution >= 0.6 is 11.8 Å². The lowest BCUT2D eigenvalue weighted by Gasteiger charge is -2.07. The minimum Gasteiger partial charge on any atom is -0.508 e. The zero-order valence-corrected chi connectivity index (χ0v) is 14.6. The first-order chi connectivity index (χ1) is 12.5. The van der Waals surface area contributed by atoms with E-state index in [-0.39, 0.29) is 23.7 Å². The number of phenols is 1. The Kier molecular flexibility index (Phi) is 5.08. The van der Waals surface area contributed by atoms with Gasteiger partial charge in [0, 0.05) is 29.5 Å². The third kappa shape index (κ3) is 3.77. The summed E-state index contributed by atoms with van der Waals surface area (Å²) >= 11 is 1.25. The predicted octanol–water partition coefficient (Wildman–Crippen LogP) is 2.34. The van der Waals surface area contributed by atoms with Gasteiger partial charge >= 0.3 is 11.6 Å². The van der Waals surface area contributed by atoms with Crippen LogP contribution in [0.1, 0.15) is 22.8 Å². The standard InChI is InChI=1S/C17H15N3O5S/c1-2-24-16(23)12-7-19-17(20-15(12)18)26-8-9-5-14(22)25-13-6-10(21)3-4-11(9)13/h3-7,21H,2,8H2,1H3,(H2,18,19,20). The Labute approximate surface area is 152 Å². The summed E-state index contributed by atoms with van der Waals surface area (Å²) in [6.45, 7) is 1.92. The Morgan fingerprint density at radius 1 is 1.38 bits per heavy atom. The Hall–Kier alpha value is -3.07. The molecular formula is C17H15N3O5S. The van der Waals surface area contributed by atoms with Crippen molar-refractivity contribution in [3.8, 4) is 5.75 Å². The highest BCUT2D eigenvalue weighted by atomic mass is 32.2. The first kappa shape index (κ1) is 17.7. The molecule has 2 heterocycles. The lowest BCUT2D eigenvalue weighted by Crippen LogP contribution is -2.10. The van der Waals surface area contributed by atoms with Crippen LogP contribution in [0.4, 0.5) is 5.82 Å². The smallest absolute Gasteiger partial charge is 0.343 e. The van der Waals surface area contributed by atoms with Gasteiger partial charge in [0.25, 0.3) is 0 Å². The summed E-state index contributed by atoms with van der Waals surface area (Å²) in [5.41, 5.74) is 6.39. The van der Waals surface area contributed by atoms with E-state index in [0.29, 0.717) is 27.4 Å². The number of carbonyl (C=O) groups excluding carboxylic acids is 1. The summed E-state index contributed by atoms with van der Waals surface area (Å²) < 4.78 is 9.97. The Morgan fingerprint density at radius 3 is 2.92 bits per heavy atom. The molecule has 1 aromatic carbocycles. The molecule has 0 aliphatic rings.